The van der Waals surface area contributed by atoms with Crippen LogP contribution in [0.5, 0.6) is 0 Å². The molecule has 1 atom stereocenters. The first-order valence-electron chi connectivity index (χ1n) is 9.37. The van der Waals surface area contributed by atoms with Crippen molar-refractivity contribution in [2.24, 2.45) is 0 Å². The number of anilines is 1. The van der Waals surface area contributed by atoms with Crippen LogP contribution in [0.25, 0.3) is 10.2 Å². The number of hydrogen-bond donors (Lipinski definition) is 0. The van der Waals surface area contributed by atoms with Crippen molar-refractivity contribution in [3.63, 3.8) is 0 Å². The molecule has 0 saturated carbocycles. The lowest BCUT2D eigenvalue weighted by Crippen LogP contribution is -2.47. The van der Waals surface area contributed by atoms with Crippen molar-refractivity contribution in [2.45, 2.75) is 32.4 Å². The number of thiazole rings is 1. The molecule has 3 heterocycles. The van der Waals surface area contributed by atoms with Crippen LogP contribution in [-0.2, 0) is 21.4 Å². The molecule has 2 aromatic heterocycles. The summed E-state index contributed by atoms with van der Waals surface area (Å²) in [4.78, 5) is 23.9. The van der Waals surface area contributed by atoms with E-state index in [1.54, 1.807) is 17.3 Å². The Morgan fingerprint density at radius 3 is 2.90 bits per heavy atom. The molecule has 29 heavy (non-hydrogen) atoms. The zero-order valence-electron chi connectivity index (χ0n) is 16.3. The number of aryl methyl sites for hydroxylation is 1. The van der Waals surface area contributed by atoms with E-state index in [2.05, 4.69) is 9.97 Å². The van der Waals surface area contributed by atoms with Crippen molar-refractivity contribution in [2.75, 3.05) is 17.7 Å². The van der Waals surface area contributed by atoms with Crippen molar-refractivity contribution in [3.05, 3.63) is 53.9 Å². The Kier molecular flexibility index (Phi) is 5.37. The standard InChI is InChI=1S/C20H22N4O3S2/c1-14-7-8-16-18(11-14)28-20(22-16)23(13-15-5-3-9-21-12-15)19(25)17-6-4-10-24(17)29(2,26)27/h3,5,7-9,11-12,17H,4,6,10,13H2,1-2H3. The van der Waals surface area contributed by atoms with E-state index in [4.69, 9.17) is 0 Å². The van der Waals surface area contributed by atoms with E-state index in [-0.39, 0.29) is 5.91 Å². The van der Waals surface area contributed by atoms with Crippen molar-refractivity contribution in [1.82, 2.24) is 14.3 Å². The SMILES string of the molecule is Cc1ccc2nc(N(Cc3cccnc3)C(=O)C3CCCN3S(C)(=O)=O)sc2c1. The average Bonchev–Trinajstić information content (AvgIpc) is 3.33. The fraction of sp³-hybridized carbons (Fsp3) is 0.350. The van der Waals surface area contributed by atoms with E-state index in [9.17, 15) is 13.2 Å². The van der Waals surface area contributed by atoms with Crippen LogP contribution in [0.1, 0.15) is 24.0 Å². The van der Waals surface area contributed by atoms with Gasteiger partial charge in [-0.2, -0.15) is 4.31 Å². The Balaban J connectivity index is 1.74. The van der Waals surface area contributed by atoms with Gasteiger partial charge in [0.1, 0.15) is 6.04 Å². The molecule has 1 aromatic carbocycles. The number of fused-ring (bicyclic) bond motifs is 1. The molecule has 152 valence electrons. The quantitative estimate of drug-likeness (QED) is 0.621. The van der Waals surface area contributed by atoms with Crippen LogP contribution in [0, 0.1) is 6.92 Å². The van der Waals surface area contributed by atoms with Gasteiger partial charge in [0.2, 0.25) is 15.9 Å². The molecule has 1 aliphatic rings. The molecular formula is C20H22N4O3S2. The second-order valence-electron chi connectivity index (χ2n) is 7.29. The third-order valence-electron chi connectivity index (χ3n) is 5.01. The molecule has 0 aliphatic carbocycles. The second kappa shape index (κ2) is 7.81. The molecule has 1 saturated heterocycles. The van der Waals surface area contributed by atoms with Crippen molar-refractivity contribution in [1.29, 1.82) is 0 Å². The van der Waals surface area contributed by atoms with Gasteiger partial charge in [-0.1, -0.05) is 23.5 Å². The van der Waals surface area contributed by atoms with Gasteiger partial charge < -0.3 is 0 Å². The van der Waals surface area contributed by atoms with E-state index < -0.39 is 16.1 Å². The summed E-state index contributed by atoms with van der Waals surface area (Å²) < 4.78 is 26.7. The molecule has 0 radical (unpaired) electrons. The summed E-state index contributed by atoms with van der Waals surface area (Å²) >= 11 is 1.44. The molecule has 4 rings (SSSR count). The number of carbonyl (C=O) groups is 1. The highest BCUT2D eigenvalue weighted by Crippen LogP contribution is 2.32. The first-order valence-corrected chi connectivity index (χ1v) is 12.0. The largest absolute Gasteiger partial charge is 0.282 e. The highest BCUT2D eigenvalue weighted by molar-refractivity contribution is 7.88. The molecule has 1 amide bonds. The number of nitrogens with zero attached hydrogens (tertiary/aromatic N) is 4. The molecule has 1 aliphatic heterocycles. The summed E-state index contributed by atoms with van der Waals surface area (Å²) in [6.07, 6.45) is 5.73. The topological polar surface area (TPSA) is 83.5 Å². The maximum absolute atomic E-state index is 13.5. The van der Waals surface area contributed by atoms with Gasteiger partial charge in [-0.25, -0.2) is 13.4 Å². The van der Waals surface area contributed by atoms with Gasteiger partial charge in [0, 0.05) is 18.9 Å². The van der Waals surface area contributed by atoms with E-state index in [0.29, 0.717) is 31.1 Å². The molecule has 0 spiro atoms. The van der Waals surface area contributed by atoms with Gasteiger partial charge in [-0.05, 0) is 49.1 Å². The smallest absolute Gasteiger partial charge is 0.247 e. The number of pyridine rings is 1. The van der Waals surface area contributed by atoms with Gasteiger partial charge in [0.25, 0.3) is 0 Å². The Hall–Kier alpha value is -2.36. The van der Waals surface area contributed by atoms with Crippen LogP contribution in [0.3, 0.4) is 0 Å². The number of amides is 1. The number of aromatic nitrogens is 2. The lowest BCUT2D eigenvalue weighted by Gasteiger charge is -2.27. The molecule has 0 bridgehead atoms. The molecule has 1 unspecified atom stereocenters. The summed E-state index contributed by atoms with van der Waals surface area (Å²) in [6.45, 7) is 2.68. The highest BCUT2D eigenvalue weighted by Gasteiger charge is 2.39. The first kappa shape index (κ1) is 19.9. The summed E-state index contributed by atoms with van der Waals surface area (Å²) in [5.74, 6) is -0.243. The molecule has 1 fully saturated rings. The van der Waals surface area contributed by atoms with Crippen LogP contribution in [0.4, 0.5) is 5.13 Å². The summed E-state index contributed by atoms with van der Waals surface area (Å²) in [6, 6.07) is 8.99. The molecule has 9 heteroatoms. The maximum Gasteiger partial charge on any atom is 0.247 e. The van der Waals surface area contributed by atoms with Gasteiger partial charge in [0.05, 0.1) is 23.0 Å². The van der Waals surface area contributed by atoms with E-state index in [0.717, 1.165) is 27.6 Å². The Morgan fingerprint density at radius 2 is 2.17 bits per heavy atom. The lowest BCUT2D eigenvalue weighted by molar-refractivity contribution is -0.121. The summed E-state index contributed by atoms with van der Waals surface area (Å²) in [7, 11) is -3.46. The molecule has 3 aromatic rings. The fourth-order valence-electron chi connectivity index (χ4n) is 3.61. The zero-order valence-corrected chi connectivity index (χ0v) is 17.9. The van der Waals surface area contributed by atoms with Crippen LogP contribution >= 0.6 is 11.3 Å². The van der Waals surface area contributed by atoms with Crippen molar-refractivity contribution in [3.8, 4) is 0 Å². The number of carbonyl (C=O) groups excluding carboxylic acids is 1. The average molecular weight is 431 g/mol. The fourth-order valence-corrected chi connectivity index (χ4v) is 5.80. The third kappa shape index (κ3) is 4.17. The van der Waals surface area contributed by atoms with E-state index >= 15 is 0 Å². The maximum atomic E-state index is 13.5. The van der Waals surface area contributed by atoms with Gasteiger partial charge in [-0.3, -0.25) is 14.7 Å². The predicted octanol–water partition coefficient (Wildman–Crippen LogP) is 2.96. The molecular weight excluding hydrogens is 408 g/mol. The van der Waals surface area contributed by atoms with Crippen molar-refractivity contribution >= 4 is 42.6 Å². The minimum atomic E-state index is -3.46. The summed E-state index contributed by atoms with van der Waals surface area (Å²) in [5, 5.41) is 0.569. The summed E-state index contributed by atoms with van der Waals surface area (Å²) in [5.41, 5.74) is 2.81. The monoisotopic (exact) mass is 430 g/mol. The van der Waals surface area contributed by atoms with Gasteiger partial charge >= 0.3 is 0 Å². The van der Waals surface area contributed by atoms with Crippen LogP contribution in [0.2, 0.25) is 0 Å². The minimum Gasteiger partial charge on any atom is -0.282 e. The van der Waals surface area contributed by atoms with Crippen molar-refractivity contribution < 1.29 is 13.2 Å². The highest BCUT2D eigenvalue weighted by atomic mass is 32.2. The van der Waals surface area contributed by atoms with Gasteiger partial charge in [0.15, 0.2) is 5.13 Å². The Morgan fingerprint density at radius 1 is 1.34 bits per heavy atom. The molecule has 0 N–H and O–H groups in total. The Labute approximate surface area is 174 Å². The van der Waals surface area contributed by atoms with Crippen LogP contribution < -0.4 is 4.90 Å². The van der Waals surface area contributed by atoms with Crippen LogP contribution in [-0.4, -0.2) is 47.4 Å². The third-order valence-corrected chi connectivity index (χ3v) is 7.34. The lowest BCUT2D eigenvalue weighted by atomic mass is 10.2. The Bertz CT molecular complexity index is 1150. The normalized spacial score (nSPS) is 17.7. The number of rotatable bonds is 5. The number of benzene rings is 1. The number of sulfonamides is 1. The second-order valence-corrected chi connectivity index (χ2v) is 10.2. The van der Waals surface area contributed by atoms with Gasteiger partial charge in [-0.15, -0.1) is 0 Å². The van der Waals surface area contributed by atoms with E-state index in [1.807, 2.05) is 37.3 Å². The zero-order chi connectivity index (χ0) is 20.6. The van der Waals surface area contributed by atoms with Crippen LogP contribution in [0.15, 0.2) is 42.7 Å². The number of hydrogen-bond acceptors (Lipinski definition) is 6. The minimum absolute atomic E-state index is 0.243. The molecule has 7 nitrogen and oxygen atoms in total. The van der Waals surface area contributed by atoms with E-state index in [1.165, 1.54) is 15.6 Å². The first-order chi connectivity index (χ1) is 13.8. The predicted molar refractivity (Wildman–Crippen MR) is 114 cm³/mol.